The lowest BCUT2D eigenvalue weighted by atomic mass is 10.1. The maximum absolute atomic E-state index is 10.6. The molecule has 1 aromatic carbocycles. The van der Waals surface area contributed by atoms with Crippen molar-refractivity contribution in [3.05, 3.63) is 35.2 Å². The number of hydrogen-bond donors (Lipinski definition) is 1. The Labute approximate surface area is 98.9 Å². The van der Waals surface area contributed by atoms with E-state index in [0.717, 1.165) is 11.3 Å². The Balaban J connectivity index is 2.24. The lowest BCUT2D eigenvalue weighted by molar-refractivity contribution is 0.269. The van der Waals surface area contributed by atoms with Crippen molar-refractivity contribution in [3.63, 3.8) is 0 Å². The van der Waals surface area contributed by atoms with Gasteiger partial charge in [0, 0.05) is 10.9 Å². The molecule has 0 bridgehead atoms. The summed E-state index contributed by atoms with van der Waals surface area (Å²) in [6, 6.07) is 8.04. The minimum Gasteiger partial charge on any atom is -0.312 e. The van der Waals surface area contributed by atoms with Gasteiger partial charge < -0.3 is 5.32 Å². The molecule has 1 amide bonds. The molecule has 0 unspecified atom stereocenters. The smallest absolute Gasteiger partial charge is 0.201 e. The van der Waals surface area contributed by atoms with Gasteiger partial charge in [-0.15, -0.1) is 11.3 Å². The molecular weight excluding hydrogens is 219 g/mol. The fourth-order valence-electron chi connectivity index (χ4n) is 1.29. The fourth-order valence-corrected chi connectivity index (χ4v) is 2.02. The first-order valence-corrected chi connectivity index (χ1v) is 5.62. The van der Waals surface area contributed by atoms with Crippen LogP contribution in [0.1, 0.15) is 5.56 Å². The summed E-state index contributed by atoms with van der Waals surface area (Å²) in [6.45, 7) is 2.03. The molecule has 0 atom stereocenters. The fraction of sp³-hybridized carbons (Fsp3) is 0.0909. The molecule has 2 radical (unpaired) electrons. The maximum atomic E-state index is 10.6. The first-order chi connectivity index (χ1) is 7.65. The van der Waals surface area contributed by atoms with Crippen LogP contribution in [0.3, 0.4) is 0 Å². The van der Waals surface area contributed by atoms with Crippen molar-refractivity contribution >= 4 is 30.1 Å². The van der Waals surface area contributed by atoms with Crippen LogP contribution in [-0.2, 0) is 0 Å². The van der Waals surface area contributed by atoms with Gasteiger partial charge in [0.2, 0.25) is 7.85 Å². The molecule has 3 nitrogen and oxygen atoms in total. The minimum atomic E-state index is -0.593. The lowest BCUT2D eigenvalue weighted by Crippen LogP contribution is -2.07. The summed E-state index contributed by atoms with van der Waals surface area (Å²) < 4.78 is 0. The molecular formula is C11H9BN2OS. The third-order valence-electron chi connectivity index (χ3n) is 2.08. The average molecular weight is 228 g/mol. The number of anilines is 1. The van der Waals surface area contributed by atoms with Gasteiger partial charge in [-0.05, 0) is 6.92 Å². The molecule has 0 fully saturated rings. The largest absolute Gasteiger partial charge is 0.312 e. The Bertz CT molecular complexity index is 507. The molecule has 78 valence electrons. The number of thiazole rings is 1. The van der Waals surface area contributed by atoms with Gasteiger partial charge in [-0.25, -0.2) is 4.98 Å². The number of aromatic nitrogens is 1. The van der Waals surface area contributed by atoms with Crippen molar-refractivity contribution < 1.29 is 4.79 Å². The molecule has 1 N–H and O–H groups in total. The van der Waals surface area contributed by atoms with E-state index in [9.17, 15) is 4.79 Å². The first-order valence-electron chi connectivity index (χ1n) is 4.74. The first kappa shape index (κ1) is 10.9. The highest BCUT2D eigenvalue weighted by Crippen LogP contribution is 2.24. The molecule has 0 saturated carbocycles. The zero-order valence-corrected chi connectivity index (χ0v) is 9.54. The second-order valence-corrected chi connectivity index (χ2v) is 4.25. The Morgan fingerprint density at radius 2 is 2.06 bits per heavy atom. The Morgan fingerprint density at radius 3 is 2.69 bits per heavy atom. The van der Waals surface area contributed by atoms with E-state index in [2.05, 4.69) is 10.3 Å². The second kappa shape index (κ2) is 4.49. The van der Waals surface area contributed by atoms with E-state index in [1.54, 1.807) is 0 Å². The Kier molecular flexibility index (Phi) is 3.06. The van der Waals surface area contributed by atoms with Crippen molar-refractivity contribution in [2.45, 2.75) is 6.92 Å². The number of benzene rings is 1. The third-order valence-corrected chi connectivity index (χ3v) is 2.84. The van der Waals surface area contributed by atoms with E-state index >= 15 is 0 Å². The highest BCUT2D eigenvalue weighted by atomic mass is 32.1. The zero-order chi connectivity index (χ0) is 11.5. The van der Waals surface area contributed by atoms with Crippen LogP contribution in [0.15, 0.2) is 29.6 Å². The molecule has 1 heterocycles. The summed E-state index contributed by atoms with van der Waals surface area (Å²) in [5.41, 5.74) is 3.07. The van der Waals surface area contributed by atoms with Crippen molar-refractivity contribution in [1.29, 1.82) is 0 Å². The SMILES string of the molecule is [B]C(=O)Nc1nc(-c2ccc(C)cc2)cs1. The molecule has 16 heavy (non-hydrogen) atoms. The summed E-state index contributed by atoms with van der Waals surface area (Å²) in [5.74, 6) is -0.593. The third kappa shape index (κ3) is 2.49. The molecule has 5 heteroatoms. The average Bonchev–Trinajstić information content (AvgIpc) is 2.66. The standard InChI is InChI=1S/C11H9BN2OS/c1-7-2-4-8(5-3-7)9-6-16-11(13-9)14-10(12)15/h2-6H,1H3,(H,13,14,15). The van der Waals surface area contributed by atoms with Gasteiger partial charge in [0.15, 0.2) is 10.9 Å². The Morgan fingerprint density at radius 1 is 1.38 bits per heavy atom. The van der Waals surface area contributed by atoms with Gasteiger partial charge in [-0.1, -0.05) is 29.8 Å². The topological polar surface area (TPSA) is 42.0 Å². The van der Waals surface area contributed by atoms with E-state index in [0.29, 0.717) is 5.13 Å². The second-order valence-electron chi connectivity index (χ2n) is 3.39. The van der Waals surface area contributed by atoms with Crippen LogP contribution in [0, 0.1) is 6.92 Å². The number of carbonyl (C=O) groups is 1. The normalized spacial score (nSPS) is 10.1. The Hall–Kier alpha value is -1.62. The monoisotopic (exact) mass is 228 g/mol. The summed E-state index contributed by atoms with van der Waals surface area (Å²) in [5, 5.41) is 4.85. The predicted molar refractivity (Wildman–Crippen MR) is 67.1 cm³/mol. The van der Waals surface area contributed by atoms with Gasteiger partial charge in [0.05, 0.1) is 5.69 Å². The van der Waals surface area contributed by atoms with Crippen molar-refractivity contribution in [2.75, 3.05) is 5.32 Å². The van der Waals surface area contributed by atoms with Gasteiger partial charge in [-0.2, -0.15) is 0 Å². The maximum Gasteiger partial charge on any atom is 0.201 e. The van der Waals surface area contributed by atoms with Crippen LogP contribution < -0.4 is 5.32 Å². The molecule has 2 aromatic rings. The number of nitrogens with one attached hydrogen (secondary N) is 1. The van der Waals surface area contributed by atoms with E-state index in [1.165, 1.54) is 16.9 Å². The van der Waals surface area contributed by atoms with Gasteiger partial charge in [0.1, 0.15) is 0 Å². The summed E-state index contributed by atoms with van der Waals surface area (Å²) >= 11 is 1.35. The molecule has 0 saturated heterocycles. The van der Waals surface area contributed by atoms with E-state index in [4.69, 9.17) is 7.85 Å². The predicted octanol–water partition coefficient (Wildman–Crippen LogP) is 2.82. The van der Waals surface area contributed by atoms with Gasteiger partial charge >= 0.3 is 0 Å². The molecule has 0 aliphatic carbocycles. The quantitative estimate of drug-likeness (QED) is 0.803. The number of hydrogen-bond acceptors (Lipinski definition) is 3. The lowest BCUT2D eigenvalue weighted by Gasteiger charge is -1.97. The number of rotatable bonds is 2. The highest BCUT2D eigenvalue weighted by molar-refractivity contribution is 7.14. The van der Waals surface area contributed by atoms with E-state index in [1.807, 2.05) is 36.6 Å². The number of nitrogens with zero attached hydrogens (tertiary/aromatic N) is 1. The van der Waals surface area contributed by atoms with Crippen LogP contribution in [0.2, 0.25) is 0 Å². The van der Waals surface area contributed by atoms with Crippen LogP contribution in [0.25, 0.3) is 11.3 Å². The van der Waals surface area contributed by atoms with Gasteiger partial charge in [0.25, 0.3) is 0 Å². The zero-order valence-electron chi connectivity index (χ0n) is 8.73. The molecule has 0 aliphatic rings. The van der Waals surface area contributed by atoms with Crippen molar-refractivity contribution in [2.24, 2.45) is 0 Å². The van der Waals surface area contributed by atoms with Gasteiger partial charge in [-0.3, -0.25) is 4.79 Å². The number of aryl methyl sites for hydroxylation is 1. The minimum absolute atomic E-state index is 0.517. The van der Waals surface area contributed by atoms with Crippen LogP contribution in [-0.4, -0.2) is 18.6 Å². The molecule has 0 spiro atoms. The van der Waals surface area contributed by atoms with Crippen LogP contribution >= 0.6 is 11.3 Å². The van der Waals surface area contributed by atoms with Crippen LogP contribution in [0.4, 0.5) is 9.93 Å². The van der Waals surface area contributed by atoms with Crippen LogP contribution in [0.5, 0.6) is 0 Å². The molecule has 0 aliphatic heterocycles. The summed E-state index contributed by atoms with van der Waals surface area (Å²) in [4.78, 5) is 14.9. The number of carbonyl (C=O) groups excluding carboxylic acids is 1. The van der Waals surface area contributed by atoms with Crippen molar-refractivity contribution in [3.8, 4) is 11.3 Å². The van der Waals surface area contributed by atoms with E-state index < -0.39 is 5.81 Å². The van der Waals surface area contributed by atoms with Crippen molar-refractivity contribution in [1.82, 2.24) is 4.98 Å². The molecule has 2 rings (SSSR count). The highest BCUT2D eigenvalue weighted by Gasteiger charge is 2.04. The number of amides is 1. The summed E-state index contributed by atoms with van der Waals surface area (Å²) in [7, 11) is 5.01. The molecule has 1 aromatic heterocycles. The van der Waals surface area contributed by atoms with E-state index in [-0.39, 0.29) is 0 Å². The summed E-state index contributed by atoms with van der Waals surface area (Å²) in [6.07, 6.45) is 0.